The van der Waals surface area contributed by atoms with Crippen molar-refractivity contribution in [1.29, 1.82) is 0 Å². The van der Waals surface area contributed by atoms with Crippen molar-refractivity contribution in [1.82, 2.24) is 10.3 Å². The van der Waals surface area contributed by atoms with Crippen LogP contribution in [0.15, 0.2) is 18.3 Å². The Labute approximate surface area is 104 Å². The Kier molecular flexibility index (Phi) is 6.90. The van der Waals surface area contributed by atoms with Crippen LogP contribution in [0.3, 0.4) is 0 Å². The lowest BCUT2D eigenvalue weighted by Crippen LogP contribution is -2.28. The monoisotopic (exact) mass is 248 g/mol. The molecule has 4 heteroatoms. The maximum atomic E-state index is 4.21. The molecule has 0 aliphatic carbocycles. The molecule has 15 heavy (non-hydrogen) atoms. The van der Waals surface area contributed by atoms with E-state index < -0.39 is 0 Å². The highest BCUT2D eigenvalue weighted by atomic mass is 35.5. The Morgan fingerprint density at radius 2 is 2.20 bits per heavy atom. The van der Waals surface area contributed by atoms with E-state index in [1.54, 1.807) is 0 Å². The lowest BCUT2D eigenvalue weighted by Gasteiger charge is -2.23. The molecule has 0 aromatic carbocycles. The van der Waals surface area contributed by atoms with E-state index >= 15 is 0 Å². The van der Waals surface area contributed by atoms with Crippen molar-refractivity contribution in [2.75, 3.05) is 13.1 Å². The van der Waals surface area contributed by atoms with Gasteiger partial charge in [0.05, 0.1) is 0 Å². The van der Waals surface area contributed by atoms with Crippen LogP contribution >= 0.6 is 24.8 Å². The van der Waals surface area contributed by atoms with Crippen LogP contribution in [-0.2, 0) is 0 Å². The van der Waals surface area contributed by atoms with Gasteiger partial charge in [-0.05, 0) is 49.9 Å². The van der Waals surface area contributed by atoms with Crippen LogP contribution in [0.4, 0.5) is 0 Å². The first-order chi connectivity index (χ1) is 6.36. The average Bonchev–Trinajstić information content (AvgIpc) is 2.19. The molecule has 0 spiro atoms. The Hall–Kier alpha value is -0.310. The van der Waals surface area contributed by atoms with Crippen molar-refractivity contribution in [2.24, 2.45) is 0 Å². The molecule has 2 rings (SSSR count). The summed E-state index contributed by atoms with van der Waals surface area (Å²) in [4.78, 5) is 4.21. The third-order valence-electron chi connectivity index (χ3n) is 2.69. The van der Waals surface area contributed by atoms with Crippen LogP contribution in [0.1, 0.15) is 30.0 Å². The number of hydrogen-bond acceptors (Lipinski definition) is 2. The van der Waals surface area contributed by atoms with Gasteiger partial charge >= 0.3 is 0 Å². The predicted octanol–water partition coefficient (Wildman–Crippen LogP) is 2.70. The van der Waals surface area contributed by atoms with E-state index in [2.05, 4.69) is 29.4 Å². The Bertz CT molecular complexity index is 286. The topological polar surface area (TPSA) is 24.9 Å². The van der Waals surface area contributed by atoms with Crippen molar-refractivity contribution in [3.63, 3.8) is 0 Å². The van der Waals surface area contributed by atoms with E-state index in [1.165, 1.54) is 24.9 Å². The summed E-state index contributed by atoms with van der Waals surface area (Å²) in [7, 11) is 0. The largest absolute Gasteiger partial charge is 0.316 e. The minimum Gasteiger partial charge on any atom is -0.316 e. The SMILES string of the molecule is Cc1cc([C@@H]2CCCNC2)ccn1.Cl.Cl. The van der Waals surface area contributed by atoms with Crippen molar-refractivity contribution in [3.8, 4) is 0 Å². The number of aryl methyl sites for hydroxylation is 1. The highest BCUT2D eigenvalue weighted by Crippen LogP contribution is 2.22. The summed E-state index contributed by atoms with van der Waals surface area (Å²) in [6, 6.07) is 4.35. The molecule has 0 radical (unpaired) electrons. The highest BCUT2D eigenvalue weighted by molar-refractivity contribution is 5.85. The molecule has 1 aliphatic rings. The summed E-state index contributed by atoms with van der Waals surface area (Å²) in [6.07, 6.45) is 4.53. The molecule has 2 nitrogen and oxygen atoms in total. The number of pyridine rings is 1. The summed E-state index contributed by atoms with van der Waals surface area (Å²) < 4.78 is 0. The van der Waals surface area contributed by atoms with Crippen LogP contribution < -0.4 is 5.32 Å². The minimum atomic E-state index is 0. The molecular weight excluding hydrogens is 231 g/mol. The Morgan fingerprint density at radius 1 is 1.40 bits per heavy atom. The molecule has 0 bridgehead atoms. The van der Waals surface area contributed by atoms with Gasteiger partial charge in [-0.25, -0.2) is 0 Å². The molecule has 1 atom stereocenters. The molecule has 0 amide bonds. The molecule has 2 heterocycles. The van der Waals surface area contributed by atoms with Gasteiger partial charge in [0, 0.05) is 18.4 Å². The predicted molar refractivity (Wildman–Crippen MR) is 68.3 cm³/mol. The first kappa shape index (κ1) is 14.7. The number of hydrogen-bond donors (Lipinski definition) is 1. The van der Waals surface area contributed by atoms with Gasteiger partial charge in [0.15, 0.2) is 0 Å². The van der Waals surface area contributed by atoms with E-state index in [0.717, 1.165) is 12.2 Å². The van der Waals surface area contributed by atoms with Crippen molar-refractivity contribution < 1.29 is 0 Å². The Morgan fingerprint density at radius 3 is 2.80 bits per heavy atom. The van der Waals surface area contributed by atoms with Gasteiger partial charge < -0.3 is 5.32 Å². The zero-order chi connectivity index (χ0) is 9.10. The molecule has 1 aliphatic heterocycles. The number of aromatic nitrogens is 1. The average molecular weight is 249 g/mol. The summed E-state index contributed by atoms with van der Waals surface area (Å²) in [6.45, 7) is 4.36. The van der Waals surface area contributed by atoms with Crippen LogP contribution in [0, 0.1) is 6.92 Å². The van der Waals surface area contributed by atoms with Gasteiger partial charge in [0.1, 0.15) is 0 Å². The quantitative estimate of drug-likeness (QED) is 0.827. The lowest BCUT2D eigenvalue weighted by atomic mass is 9.92. The summed E-state index contributed by atoms with van der Waals surface area (Å²) in [5, 5.41) is 3.43. The first-order valence-corrected chi connectivity index (χ1v) is 4.99. The molecule has 1 aromatic heterocycles. The van der Waals surface area contributed by atoms with Crippen LogP contribution in [0.5, 0.6) is 0 Å². The van der Waals surface area contributed by atoms with Gasteiger partial charge in [-0.3, -0.25) is 4.98 Å². The minimum absolute atomic E-state index is 0. The third kappa shape index (κ3) is 3.98. The lowest BCUT2D eigenvalue weighted by molar-refractivity contribution is 0.461. The standard InChI is InChI=1S/C11H16N2.2ClH/c1-9-7-10(4-6-13-9)11-3-2-5-12-8-11;;/h4,6-7,11-12H,2-3,5,8H2,1H3;2*1H/t11-;;/m1../s1. The molecule has 1 saturated heterocycles. The maximum Gasteiger partial charge on any atom is 0.0375 e. The van der Waals surface area contributed by atoms with Gasteiger partial charge in [0.2, 0.25) is 0 Å². The number of nitrogens with one attached hydrogen (secondary N) is 1. The van der Waals surface area contributed by atoms with E-state index in [0.29, 0.717) is 5.92 Å². The molecule has 0 unspecified atom stereocenters. The second-order valence-electron chi connectivity index (χ2n) is 3.77. The van der Waals surface area contributed by atoms with Crippen molar-refractivity contribution >= 4 is 24.8 Å². The second-order valence-corrected chi connectivity index (χ2v) is 3.77. The highest BCUT2D eigenvalue weighted by Gasteiger charge is 2.14. The smallest absolute Gasteiger partial charge is 0.0375 e. The normalized spacial score (nSPS) is 19.9. The van der Waals surface area contributed by atoms with E-state index in [9.17, 15) is 0 Å². The third-order valence-corrected chi connectivity index (χ3v) is 2.69. The summed E-state index contributed by atoms with van der Waals surface area (Å²) in [5.74, 6) is 0.704. The number of halogens is 2. The van der Waals surface area contributed by atoms with Crippen LogP contribution in [0.25, 0.3) is 0 Å². The molecule has 1 fully saturated rings. The fraction of sp³-hybridized carbons (Fsp3) is 0.545. The molecule has 1 N–H and O–H groups in total. The summed E-state index contributed by atoms with van der Waals surface area (Å²) >= 11 is 0. The number of nitrogens with zero attached hydrogens (tertiary/aromatic N) is 1. The maximum absolute atomic E-state index is 4.21. The second kappa shape index (κ2) is 7.04. The van der Waals surface area contributed by atoms with Crippen LogP contribution in [0.2, 0.25) is 0 Å². The van der Waals surface area contributed by atoms with Gasteiger partial charge in [-0.1, -0.05) is 0 Å². The number of piperidine rings is 1. The molecular formula is C11H18Cl2N2. The zero-order valence-electron chi connectivity index (χ0n) is 8.90. The van der Waals surface area contributed by atoms with E-state index in [-0.39, 0.29) is 24.8 Å². The van der Waals surface area contributed by atoms with Crippen LogP contribution in [-0.4, -0.2) is 18.1 Å². The first-order valence-electron chi connectivity index (χ1n) is 4.99. The van der Waals surface area contributed by atoms with Crippen molar-refractivity contribution in [2.45, 2.75) is 25.7 Å². The summed E-state index contributed by atoms with van der Waals surface area (Å²) in [5.41, 5.74) is 2.57. The van der Waals surface area contributed by atoms with Crippen molar-refractivity contribution in [3.05, 3.63) is 29.6 Å². The van der Waals surface area contributed by atoms with Gasteiger partial charge in [-0.15, -0.1) is 24.8 Å². The number of rotatable bonds is 1. The van der Waals surface area contributed by atoms with E-state index in [4.69, 9.17) is 0 Å². The zero-order valence-corrected chi connectivity index (χ0v) is 10.5. The Balaban J connectivity index is 0.000000980. The molecule has 0 saturated carbocycles. The fourth-order valence-electron chi connectivity index (χ4n) is 1.96. The van der Waals surface area contributed by atoms with Gasteiger partial charge in [-0.2, -0.15) is 0 Å². The molecule has 1 aromatic rings. The molecule has 86 valence electrons. The van der Waals surface area contributed by atoms with E-state index in [1.807, 2.05) is 6.20 Å². The fourth-order valence-corrected chi connectivity index (χ4v) is 1.96. The van der Waals surface area contributed by atoms with Gasteiger partial charge in [0.25, 0.3) is 0 Å².